The highest BCUT2D eigenvalue weighted by molar-refractivity contribution is 9.10. The van der Waals surface area contributed by atoms with Crippen molar-refractivity contribution in [1.82, 2.24) is 5.32 Å². The minimum atomic E-state index is -2.96. The highest BCUT2D eigenvalue weighted by Gasteiger charge is 2.09. The Labute approximate surface area is 116 Å². The highest BCUT2D eigenvalue weighted by Crippen LogP contribution is 2.18. The molecule has 0 fully saturated rings. The van der Waals surface area contributed by atoms with Crippen LogP contribution in [0.3, 0.4) is 0 Å². The van der Waals surface area contributed by atoms with E-state index >= 15 is 0 Å². The van der Waals surface area contributed by atoms with Crippen molar-refractivity contribution in [3.8, 4) is 0 Å². The molecule has 0 bridgehead atoms. The summed E-state index contributed by atoms with van der Waals surface area (Å²) in [5, 5.41) is 2.70. The maximum atomic E-state index is 11.8. The summed E-state index contributed by atoms with van der Waals surface area (Å²) in [5.74, 6) is -0.113. The van der Waals surface area contributed by atoms with E-state index in [0.29, 0.717) is 18.5 Å². The summed E-state index contributed by atoms with van der Waals surface area (Å²) in [6, 6.07) is 5.47. The summed E-state index contributed by atoms with van der Waals surface area (Å²) in [4.78, 5) is 11.8. The van der Waals surface area contributed by atoms with Crippen LogP contribution in [0, 0.1) is 6.92 Å². The van der Waals surface area contributed by atoms with Gasteiger partial charge < -0.3 is 5.32 Å². The lowest BCUT2D eigenvalue weighted by Gasteiger charge is -2.07. The lowest BCUT2D eigenvalue weighted by atomic mass is 10.1. The Morgan fingerprint density at radius 1 is 1.39 bits per heavy atom. The average molecular weight is 334 g/mol. The molecule has 4 nitrogen and oxygen atoms in total. The zero-order valence-corrected chi connectivity index (χ0v) is 12.8. The number of aryl methyl sites for hydroxylation is 1. The largest absolute Gasteiger partial charge is 0.352 e. The van der Waals surface area contributed by atoms with E-state index in [2.05, 4.69) is 21.2 Å². The molecule has 0 heterocycles. The van der Waals surface area contributed by atoms with E-state index in [1.54, 1.807) is 6.07 Å². The van der Waals surface area contributed by atoms with Crippen LogP contribution >= 0.6 is 15.9 Å². The fraction of sp³-hybridized carbons (Fsp3) is 0.417. The van der Waals surface area contributed by atoms with Gasteiger partial charge in [-0.3, -0.25) is 4.79 Å². The smallest absolute Gasteiger partial charge is 0.252 e. The number of nitrogens with one attached hydrogen (secondary N) is 1. The van der Waals surface area contributed by atoms with Gasteiger partial charge in [-0.2, -0.15) is 0 Å². The van der Waals surface area contributed by atoms with Crippen molar-refractivity contribution in [2.45, 2.75) is 13.3 Å². The molecule has 0 aromatic heterocycles. The van der Waals surface area contributed by atoms with Crippen LogP contribution in [0.25, 0.3) is 0 Å². The number of carbonyl (C=O) groups is 1. The van der Waals surface area contributed by atoms with Gasteiger partial charge in [0.2, 0.25) is 0 Å². The highest BCUT2D eigenvalue weighted by atomic mass is 79.9. The van der Waals surface area contributed by atoms with E-state index < -0.39 is 9.84 Å². The van der Waals surface area contributed by atoms with E-state index in [0.717, 1.165) is 10.0 Å². The van der Waals surface area contributed by atoms with Crippen molar-refractivity contribution >= 4 is 31.7 Å². The molecular formula is C12H16BrNO3S. The monoisotopic (exact) mass is 333 g/mol. The fourth-order valence-electron chi connectivity index (χ4n) is 1.44. The summed E-state index contributed by atoms with van der Waals surface area (Å²) in [6.07, 6.45) is 1.61. The third kappa shape index (κ3) is 5.18. The molecule has 1 rings (SSSR count). The van der Waals surface area contributed by atoms with E-state index in [4.69, 9.17) is 0 Å². The number of amides is 1. The minimum absolute atomic E-state index is 0.0857. The van der Waals surface area contributed by atoms with Gasteiger partial charge in [-0.1, -0.05) is 6.07 Å². The van der Waals surface area contributed by atoms with Gasteiger partial charge in [-0.25, -0.2) is 8.42 Å². The topological polar surface area (TPSA) is 63.2 Å². The maximum absolute atomic E-state index is 11.8. The van der Waals surface area contributed by atoms with Crippen LogP contribution in [0.4, 0.5) is 0 Å². The fourth-order valence-corrected chi connectivity index (χ4v) is 2.78. The Morgan fingerprint density at radius 2 is 2.06 bits per heavy atom. The Balaban J connectivity index is 2.51. The van der Waals surface area contributed by atoms with Gasteiger partial charge in [0.15, 0.2) is 0 Å². The van der Waals surface area contributed by atoms with Gasteiger partial charge in [0.05, 0.1) is 11.3 Å². The molecule has 18 heavy (non-hydrogen) atoms. The van der Waals surface area contributed by atoms with Gasteiger partial charge >= 0.3 is 0 Å². The molecular weight excluding hydrogens is 318 g/mol. The first kappa shape index (κ1) is 15.2. The molecule has 1 aromatic rings. The number of halogens is 1. The van der Waals surface area contributed by atoms with E-state index in [9.17, 15) is 13.2 Å². The minimum Gasteiger partial charge on any atom is -0.352 e. The molecule has 0 saturated carbocycles. The van der Waals surface area contributed by atoms with Crippen LogP contribution in [-0.4, -0.2) is 32.9 Å². The van der Waals surface area contributed by atoms with Gasteiger partial charge in [0, 0.05) is 17.3 Å². The Kier molecular flexibility index (Phi) is 5.34. The molecule has 1 amide bonds. The summed E-state index contributed by atoms with van der Waals surface area (Å²) >= 11 is 3.33. The lowest BCUT2D eigenvalue weighted by Crippen LogP contribution is -2.26. The number of hydrogen-bond acceptors (Lipinski definition) is 3. The van der Waals surface area contributed by atoms with Crippen molar-refractivity contribution in [1.29, 1.82) is 0 Å². The predicted molar refractivity (Wildman–Crippen MR) is 75.5 cm³/mol. The number of benzene rings is 1. The molecule has 0 saturated heterocycles. The molecule has 100 valence electrons. The van der Waals surface area contributed by atoms with E-state index in [1.165, 1.54) is 6.26 Å². The molecule has 0 unspecified atom stereocenters. The quantitative estimate of drug-likeness (QED) is 0.837. The summed E-state index contributed by atoms with van der Waals surface area (Å²) in [5.41, 5.74) is 1.62. The molecule has 0 aliphatic heterocycles. The van der Waals surface area contributed by atoms with Crippen molar-refractivity contribution in [3.05, 3.63) is 33.8 Å². The number of sulfone groups is 1. The Hall–Kier alpha value is -0.880. The molecule has 0 atom stereocenters. The zero-order chi connectivity index (χ0) is 13.8. The van der Waals surface area contributed by atoms with Crippen LogP contribution in [0.1, 0.15) is 22.3 Å². The SMILES string of the molecule is Cc1ccc(C(=O)NCCCS(C)(=O)=O)c(Br)c1. The maximum Gasteiger partial charge on any atom is 0.252 e. The second-order valence-electron chi connectivity index (χ2n) is 4.22. The Bertz CT molecular complexity index is 540. The molecule has 0 aliphatic rings. The van der Waals surface area contributed by atoms with E-state index in [-0.39, 0.29) is 11.7 Å². The Morgan fingerprint density at radius 3 is 2.61 bits per heavy atom. The lowest BCUT2D eigenvalue weighted by molar-refractivity contribution is 0.0953. The first-order valence-electron chi connectivity index (χ1n) is 5.51. The van der Waals surface area contributed by atoms with Gasteiger partial charge in [0.1, 0.15) is 9.84 Å². The van der Waals surface area contributed by atoms with Crippen LogP contribution in [0.5, 0.6) is 0 Å². The molecule has 1 aromatic carbocycles. The molecule has 6 heteroatoms. The van der Waals surface area contributed by atoms with Crippen LogP contribution in [0.15, 0.2) is 22.7 Å². The van der Waals surface area contributed by atoms with Crippen molar-refractivity contribution in [2.75, 3.05) is 18.6 Å². The van der Waals surface area contributed by atoms with Gasteiger partial charge in [0.25, 0.3) is 5.91 Å². The van der Waals surface area contributed by atoms with Gasteiger partial charge in [-0.15, -0.1) is 0 Å². The zero-order valence-electron chi connectivity index (χ0n) is 10.4. The van der Waals surface area contributed by atoms with Crippen molar-refractivity contribution in [3.63, 3.8) is 0 Å². The van der Waals surface area contributed by atoms with Crippen molar-refractivity contribution in [2.24, 2.45) is 0 Å². The normalized spacial score (nSPS) is 11.3. The number of hydrogen-bond donors (Lipinski definition) is 1. The summed E-state index contributed by atoms with van der Waals surface area (Å²) in [6.45, 7) is 2.30. The predicted octanol–water partition coefficient (Wildman–Crippen LogP) is 1.92. The third-order valence-electron chi connectivity index (χ3n) is 2.35. The van der Waals surface area contributed by atoms with Crippen LogP contribution in [-0.2, 0) is 9.84 Å². The van der Waals surface area contributed by atoms with Crippen molar-refractivity contribution < 1.29 is 13.2 Å². The molecule has 1 N–H and O–H groups in total. The number of carbonyl (C=O) groups excluding carboxylic acids is 1. The first-order valence-corrected chi connectivity index (χ1v) is 8.37. The third-order valence-corrected chi connectivity index (χ3v) is 4.03. The number of rotatable bonds is 5. The summed E-state index contributed by atoms with van der Waals surface area (Å²) < 4.78 is 22.6. The second kappa shape index (κ2) is 6.33. The van der Waals surface area contributed by atoms with E-state index in [1.807, 2.05) is 19.1 Å². The average Bonchev–Trinajstić information content (AvgIpc) is 2.22. The summed E-state index contributed by atoms with van der Waals surface area (Å²) in [7, 11) is -2.96. The molecule has 0 aliphatic carbocycles. The van der Waals surface area contributed by atoms with Crippen LogP contribution < -0.4 is 5.32 Å². The molecule has 0 radical (unpaired) electrons. The standard InChI is InChI=1S/C12H16BrNO3S/c1-9-4-5-10(11(13)8-9)12(15)14-6-3-7-18(2,16)17/h4-5,8H,3,6-7H2,1-2H3,(H,14,15). The van der Waals surface area contributed by atoms with Gasteiger partial charge in [-0.05, 0) is 47.0 Å². The molecule has 0 spiro atoms. The first-order chi connectivity index (χ1) is 8.29. The van der Waals surface area contributed by atoms with Crippen LogP contribution in [0.2, 0.25) is 0 Å². The second-order valence-corrected chi connectivity index (χ2v) is 7.34.